The topological polar surface area (TPSA) is 96.0 Å². The molecular formula is C23H21FN2O6. The van der Waals surface area contributed by atoms with Gasteiger partial charge in [-0.3, -0.25) is 9.78 Å². The van der Waals surface area contributed by atoms with Gasteiger partial charge in [-0.15, -0.1) is 0 Å². The zero-order chi connectivity index (χ0) is 22.9. The minimum Gasteiger partial charge on any atom is -0.493 e. The van der Waals surface area contributed by atoms with Gasteiger partial charge in [0.2, 0.25) is 0 Å². The van der Waals surface area contributed by atoms with E-state index in [-0.39, 0.29) is 30.6 Å². The molecular weight excluding hydrogens is 419 g/mol. The fraction of sp³-hybridized carbons (Fsp3) is 0.174. The van der Waals surface area contributed by atoms with Crippen molar-refractivity contribution in [3.05, 3.63) is 77.9 Å². The van der Waals surface area contributed by atoms with E-state index < -0.39 is 11.8 Å². The summed E-state index contributed by atoms with van der Waals surface area (Å²) < 4.78 is 34.9. The van der Waals surface area contributed by atoms with Gasteiger partial charge in [-0.1, -0.05) is 6.07 Å². The fourth-order valence-electron chi connectivity index (χ4n) is 2.68. The lowest BCUT2D eigenvalue weighted by Crippen LogP contribution is -2.23. The molecule has 3 rings (SSSR count). The molecule has 1 heterocycles. The van der Waals surface area contributed by atoms with Gasteiger partial charge in [0, 0.05) is 18.3 Å². The van der Waals surface area contributed by atoms with Gasteiger partial charge < -0.3 is 24.3 Å². The van der Waals surface area contributed by atoms with Crippen LogP contribution in [0, 0.1) is 5.82 Å². The number of hydrogen-bond donors (Lipinski definition) is 1. The number of hydrogen-bond acceptors (Lipinski definition) is 7. The lowest BCUT2D eigenvalue weighted by atomic mass is 10.1. The second-order valence-electron chi connectivity index (χ2n) is 6.47. The van der Waals surface area contributed by atoms with Gasteiger partial charge in [-0.05, 0) is 48.0 Å². The molecule has 2 aromatic carbocycles. The molecule has 0 fully saturated rings. The van der Waals surface area contributed by atoms with Crippen LogP contribution in [-0.4, -0.2) is 37.7 Å². The third-order valence-corrected chi connectivity index (χ3v) is 4.31. The minimum atomic E-state index is -0.561. The summed E-state index contributed by atoms with van der Waals surface area (Å²) in [5.41, 5.74) is 0.864. The Bertz CT molecular complexity index is 1090. The van der Waals surface area contributed by atoms with Gasteiger partial charge in [0.25, 0.3) is 5.91 Å². The lowest BCUT2D eigenvalue weighted by molar-refractivity contribution is -0.142. The van der Waals surface area contributed by atoms with Crippen molar-refractivity contribution in [2.45, 2.75) is 6.54 Å². The van der Waals surface area contributed by atoms with E-state index in [1.54, 1.807) is 24.4 Å². The van der Waals surface area contributed by atoms with E-state index in [1.165, 1.54) is 50.7 Å². The quantitative estimate of drug-likeness (QED) is 0.509. The predicted octanol–water partition coefficient (Wildman–Crippen LogP) is 3.50. The summed E-state index contributed by atoms with van der Waals surface area (Å²) >= 11 is 0. The average Bonchev–Trinajstić information content (AvgIpc) is 2.83. The zero-order valence-electron chi connectivity index (χ0n) is 17.5. The van der Waals surface area contributed by atoms with Crippen LogP contribution >= 0.6 is 0 Å². The molecule has 0 spiro atoms. The van der Waals surface area contributed by atoms with Crippen LogP contribution in [-0.2, 0) is 16.1 Å². The molecule has 32 heavy (non-hydrogen) atoms. The highest BCUT2D eigenvalue weighted by atomic mass is 19.1. The molecule has 0 bridgehead atoms. The summed E-state index contributed by atoms with van der Waals surface area (Å²) in [6.45, 7) is -0.184. The predicted molar refractivity (Wildman–Crippen MR) is 112 cm³/mol. The van der Waals surface area contributed by atoms with Gasteiger partial charge in [0.05, 0.1) is 20.4 Å². The van der Waals surface area contributed by atoms with E-state index in [9.17, 15) is 14.0 Å². The Balaban J connectivity index is 1.61. The van der Waals surface area contributed by atoms with Crippen molar-refractivity contribution < 1.29 is 32.9 Å². The van der Waals surface area contributed by atoms with E-state index in [0.717, 1.165) is 0 Å². The van der Waals surface area contributed by atoms with Crippen molar-refractivity contribution in [1.29, 1.82) is 0 Å². The molecule has 1 aromatic heterocycles. The smallest absolute Gasteiger partial charge is 0.343 e. The van der Waals surface area contributed by atoms with Crippen LogP contribution in [0.1, 0.15) is 15.9 Å². The molecule has 0 aliphatic carbocycles. The Morgan fingerprint density at radius 3 is 2.53 bits per heavy atom. The van der Waals surface area contributed by atoms with Gasteiger partial charge in [-0.25, -0.2) is 9.18 Å². The second-order valence-corrected chi connectivity index (χ2v) is 6.47. The molecule has 3 aromatic rings. The van der Waals surface area contributed by atoms with Gasteiger partial charge >= 0.3 is 5.97 Å². The molecule has 0 aliphatic heterocycles. The Morgan fingerprint density at radius 1 is 1.03 bits per heavy atom. The summed E-state index contributed by atoms with van der Waals surface area (Å²) in [5, 5.41) is 2.71. The molecule has 166 valence electrons. The average molecular weight is 440 g/mol. The van der Waals surface area contributed by atoms with Crippen LogP contribution < -0.4 is 19.5 Å². The first kappa shape index (κ1) is 22.5. The molecule has 0 atom stereocenters. The van der Waals surface area contributed by atoms with Crippen molar-refractivity contribution in [1.82, 2.24) is 10.3 Å². The molecule has 0 saturated carbocycles. The lowest BCUT2D eigenvalue weighted by Gasteiger charge is -2.12. The fourth-order valence-corrected chi connectivity index (χ4v) is 2.68. The van der Waals surface area contributed by atoms with Gasteiger partial charge in [0.1, 0.15) is 5.75 Å². The molecule has 1 N–H and O–H groups in total. The number of amides is 1. The number of carbonyl (C=O) groups excluding carboxylic acids is 2. The van der Waals surface area contributed by atoms with Crippen LogP contribution in [0.15, 0.2) is 60.9 Å². The van der Waals surface area contributed by atoms with Crippen molar-refractivity contribution in [2.75, 3.05) is 20.8 Å². The van der Waals surface area contributed by atoms with Crippen LogP contribution in [0.4, 0.5) is 4.39 Å². The van der Waals surface area contributed by atoms with E-state index in [2.05, 4.69) is 15.0 Å². The van der Waals surface area contributed by atoms with Crippen LogP contribution in [0.2, 0.25) is 0 Å². The summed E-state index contributed by atoms with van der Waals surface area (Å²) in [7, 11) is 2.67. The standard InChI is InChI=1S/C23H21FN2O6/c1-29-21-11-16(6-8-20(21)31-14-22(27)30-2)23(28)26-12-15-5-7-19(18(24)10-15)32-17-4-3-9-25-13-17/h3-11,13H,12,14H2,1-2H3,(H,26,28). The number of rotatable bonds is 9. The van der Waals surface area contributed by atoms with Crippen LogP contribution in [0.25, 0.3) is 0 Å². The normalized spacial score (nSPS) is 10.2. The number of benzene rings is 2. The van der Waals surface area contributed by atoms with Crippen molar-refractivity contribution >= 4 is 11.9 Å². The Morgan fingerprint density at radius 2 is 1.84 bits per heavy atom. The molecule has 0 radical (unpaired) electrons. The number of nitrogens with zero attached hydrogens (tertiary/aromatic N) is 1. The number of halogens is 1. The van der Waals surface area contributed by atoms with Crippen LogP contribution in [0.3, 0.4) is 0 Å². The second kappa shape index (κ2) is 10.8. The van der Waals surface area contributed by atoms with Crippen molar-refractivity contribution in [3.63, 3.8) is 0 Å². The summed E-state index contributed by atoms with van der Waals surface area (Å²) in [4.78, 5) is 27.6. The highest BCUT2D eigenvalue weighted by molar-refractivity contribution is 5.94. The number of carbonyl (C=O) groups is 2. The number of esters is 1. The number of methoxy groups -OCH3 is 2. The van der Waals surface area contributed by atoms with E-state index in [1.807, 2.05) is 0 Å². The third kappa shape index (κ3) is 5.94. The monoisotopic (exact) mass is 440 g/mol. The van der Waals surface area contributed by atoms with Crippen LogP contribution in [0.5, 0.6) is 23.0 Å². The van der Waals surface area contributed by atoms with E-state index in [0.29, 0.717) is 22.6 Å². The molecule has 0 aliphatic rings. The number of ether oxygens (including phenoxy) is 4. The first-order chi connectivity index (χ1) is 15.5. The Kier molecular flexibility index (Phi) is 7.58. The maximum Gasteiger partial charge on any atom is 0.343 e. The Labute approximate surface area is 183 Å². The van der Waals surface area contributed by atoms with Crippen molar-refractivity contribution in [3.8, 4) is 23.0 Å². The number of aromatic nitrogens is 1. The van der Waals surface area contributed by atoms with Crippen molar-refractivity contribution in [2.24, 2.45) is 0 Å². The first-order valence-corrected chi connectivity index (χ1v) is 9.52. The molecule has 0 unspecified atom stereocenters. The van der Waals surface area contributed by atoms with Gasteiger partial charge in [0.15, 0.2) is 29.7 Å². The first-order valence-electron chi connectivity index (χ1n) is 9.52. The molecule has 8 nitrogen and oxygen atoms in total. The zero-order valence-corrected chi connectivity index (χ0v) is 17.5. The summed E-state index contributed by atoms with van der Waals surface area (Å²) in [6, 6.07) is 12.3. The molecule has 9 heteroatoms. The SMILES string of the molecule is COC(=O)COc1ccc(C(=O)NCc2ccc(Oc3cccnc3)c(F)c2)cc1OC. The van der Waals surface area contributed by atoms with E-state index in [4.69, 9.17) is 14.2 Å². The highest BCUT2D eigenvalue weighted by Crippen LogP contribution is 2.28. The highest BCUT2D eigenvalue weighted by Gasteiger charge is 2.13. The molecule has 1 amide bonds. The van der Waals surface area contributed by atoms with Gasteiger partial charge in [-0.2, -0.15) is 0 Å². The molecule has 0 saturated heterocycles. The summed E-state index contributed by atoms with van der Waals surface area (Å²) in [5.74, 6) is -0.447. The summed E-state index contributed by atoms with van der Waals surface area (Å²) in [6.07, 6.45) is 3.07. The maximum atomic E-state index is 14.4. The minimum absolute atomic E-state index is 0.0559. The van der Waals surface area contributed by atoms with E-state index >= 15 is 0 Å². The largest absolute Gasteiger partial charge is 0.493 e. The maximum absolute atomic E-state index is 14.4. The number of pyridine rings is 1. The number of nitrogens with one attached hydrogen (secondary N) is 1. The Hall–Kier alpha value is -4.14. The third-order valence-electron chi connectivity index (χ3n) is 4.31.